The van der Waals surface area contributed by atoms with E-state index in [-0.39, 0.29) is 11.9 Å². The maximum atomic E-state index is 13.1. The molecule has 0 bridgehead atoms. The molecule has 1 atom stereocenters. The van der Waals surface area contributed by atoms with E-state index >= 15 is 0 Å². The van der Waals surface area contributed by atoms with E-state index in [0.717, 1.165) is 48.5 Å². The molecular formula is C22H23N3O3. The summed E-state index contributed by atoms with van der Waals surface area (Å²) < 4.78 is 10.9. The standard InChI is InChI=1S/C22H23N3O3/c1-27-18-8-6-16(7-9-18)19-15-21(28-24-19)20-5-3-2-4-14-25(20)22(26)17-10-12-23-13-11-17/h6-13,15,20H,2-5,14H2,1H3/t20-/m0/s1. The molecule has 6 nitrogen and oxygen atoms in total. The predicted molar refractivity (Wildman–Crippen MR) is 105 cm³/mol. The van der Waals surface area contributed by atoms with Crippen molar-refractivity contribution in [1.82, 2.24) is 15.0 Å². The monoisotopic (exact) mass is 377 g/mol. The number of rotatable bonds is 4. The van der Waals surface area contributed by atoms with Crippen molar-refractivity contribution < 1.29 is 14.1 Å². The lowest BCUT2D eigenvalue weighted by Crippen LogP contribution is -2.34. The van der Waals surface area contributed by atoms with E-state index in [1.165, 1.54) is 0 Å². The summed E-state index contributed by atoms with van der Waals surface area (Å²) in [7, 11) is 1.64. The highest BCUT2D eigenvalue weighted by Crippen LogP contribution is 2.33. The van der Waals surface area contributed by atoms with Crippen molar-refractivity contribution in [2.75, 3.05) is 13.7 Å². The van der Waals surface area contributed by atoms with Gasteiger partial charge in [-0.15, -0.1) is 0 Å². The van der Waals surface area contributed by atoms with Crippen LogP contribution in [0.5, 0.6) is 5.75 Å². The first-order chi connectivity index (χ1) is 13.8. The van der Waals surface area contributed by atoms with Crippen molar-refractivity contribution in [3.8, 4) is 17.0 Å². The van der Waals surface area contributed by atoms with Gasteiger partial charge in [-0.3, -0.25) is 9.78 Å². The molecule has 3 aromatic rings. The Bertz CT molecular complexity index is 922. The number of methoxy groups -OCH3 is 1. The van der Waals surface area contributed by atoms with Gasteiger partial charge in [0.2, 0.25) is 0 Å². The number of benzene rings is 1. The molecule has 1 aliphatic heterocycles. The van der Waals surface area contributed by atoms with Gasteiger partial charge >= 0.3 is 0 Å². The maximum Gasteiger partial charge on any atom is 0.254 e. The maximum absolute atomic E-state index is 13.1. The molecule has 3 heterocycles. The Morgan fingerprint density at radius 3 is 2.64 bits per heavy atom. The number of carbonyl (C=O) groups is 1. The summed E-state index contributed by atoms with van der Waals surface area (Å²) in [5.74, 6) is 1.54. The summed E-state index contributed by atoms with van der Waals surface area (Å²) in [5, 5.41) is 4.25. The lowest BCUT2D eigenvalue weighted by atomic mass is 10.0. The molecular weight excluding hydrogens is 354 g/mol. The Hall–Kier alpha value is -3.15. The van der Waals surface area contributed by atoms with Gasteiger partial charge in [-0.1, -0.05) is 18.0 Å². The summed E-state index contributed by atoms with van der Waals surface area (Å²) in [5.41, 5.74) is 2.37. The van der Waals surface area contributed by atoms with Gasteiger partial charge in [-0.2, -0.15) is 0 Å². The second kappa shape index (κ2) is 8.25. The van der Waals surface area contributed by atoms with Crippen LogP contribution in [0.4, 0.5) is 0 Å². The van der Waals surface area contributed by atoms with Crippen LogP contribution in [-0.4, -0.2) is 34.6 Å². The third-order valence-electron chi connectivity index (χ3n) is 5.18. The summed E-state index contributed by atoms with van der Waals surface area (Å²) in [4.78, 5) is 19.0. The first-order valence-corrected chi connectivity index (χ1v) is 9.58. The Morgan fingerprint density at radius 1 is 1.11 bits per heavy atom. The van der Waals surface area contributed by atoms with Gasteiger partial charge in [0, 0.05) is 36.1 Å². The molecule has 1 amide bonds. The molecule has 1 fully saturated rings. The zero-order valence-corrected chi connectivity index (χ0v) is 15.9. The summed E-state index contributed by atoms with van der Waals surface area (Å²) in [6, 6.07) is 13.1. The van der Waals surface area contributed by atoms with Crippen molar-refractivity contribution in [2.24, 2.45) is 0 Å². The van der Waals surface area contributed by atoms with Crippen molar-refractivity contribution in [3.63, 3.8) is 0 Å². The number of hydrogen-bond donors (Lipinski definition) is 0. The molecule has 4 rings (SSSR count). The number of aromatic nitrogens is 2. The van der Waals surface area contributed by atoms with E-state index < -0.39 is 0 Å². The molecule has 1 aliphatic rings. The fourth-order valence-electron chi connectivity index (χ4n) is 3.65. The van der Waals surface area contributed by atoms with E-state index in [1.807, 2.05) is 35.2 Å². The first kappa shape index (κ1) is 18.2. The quantitative estimate of drug-likeness (QED) is 0.669. The van der Waals surface area contributed by atoms with Gasteiger partial charge in [0.25, 0.3) is 5.91 Å². The van der Waals surface area contributed by atoms with Crippen LogP contribution < -0.4 is 4.74 Å². The molecule has 0 radical (unpaired) electrons. The smallest absolute Gasteiger partial charge is 0.254 e. The minimum atomic E-state index is -0.109. The normalized spacial score (nSPS) is 17.2. The fourth-order valence-corrected chi connectivity index (χ4v) is 3.65. The Balaban J connectivity index is 1.61. The van der Waals surface area contributed by atoms with Crippen LogP contribution in [0.1, 0.15) is 47.8 Å². The Kier molecular flexibility index (Phi) is 5.37. The molecule has 0 N–H and O–H groups in total. The number of ether oxygens (including phenoxy) is 1. The molecule has 0 spiro atoms. The molecule has 2 aromatic heterocycles. The third kappa shape index (κ3) is 3.76. The van der Waals surface area contributed by atoms with Gasteiger partial charge in [0.05, 0.1) is 13.2 Å². The second-order valence-corrected chi connectivity index (χ2v) is 6.94. The van der Waals surface area contributed by atoms with Crippen LogP contribution in [0.3, 0.4) is 0 Å². The fraction of sp³-hybridized carbons (Fsp3) is 0.318. The SMILES string of the molecule is COc1ccc(-c2cc([C@@H]3CCCCCN3C(=O)c3ccncc3)on2)cc1. The highest BCUT2D eigenvalue weighted by molar-refractivity contribution is 5.94. The highest BCUT2D eigenvalue weighted by Gasteiger charge is 2.30. The first-order valence-electron chi connectivity index (χ1n) is 9.58. The van der Waals surface area contributed by atoms with Crippen LogP contribution in [0.15, 0.2) is 59.4 Å². The van der Waals surface area contributed by atoms with Crippen molar-refractivity contribution in [1.29, 1.82) is 0 Å². The van der Waals surface area contributed by atoms with E-state index in [0.29, 0.717) is 12.1 Å². The van der Waals surface area contributed by atoms with Crippen LogP contribution in [0.25, 0.3) is 11.3 Å². The minimum Gasteiger partial charge on any atom is -0.497 e. The Labute approximate surface area is 164 Å². The van der Waals surface area contributed by atoms with Crippen LogP contribution >= 0.6 is 0 Å². The van der Waals surface area contributed by atoms with Gasteiger partial charge in [-0.25, -0.2) is 0 Å². The molecule has 0 aliphatic carbocycles. The van der Waals surface area contributed by atoms with Gasteiger partial charge in [0.15, 0.2) is 5.76 Å². The number of carbonyl (C=O) groups excluding carboxylic acids is 1. The van der Waals surface area contributed by atoms with Crippen LogP contribution in [0.2, 0.25) is 0 Å². The lowest BCUT2D eigenvalue weighted by molar-refractivity contribution is 0.0651. The summed E-state index contributed by atoms with van der Waals surface area (Å²) >= 11 is 0. The molecule has 0 saturated carbocycles. The van der Waals surface area contributed by atoms with E-state index in [9.17, 15) is 4.79 Å². The molecule has 1 aromatic carbocycles. The zero-order chi connectivity index (χ0) is 19.3. The minimum absolute atomic E-state index is 0.0108. The topological polar surface area (TPSA) is 68.5 Å². The average Bonchev–Trinajstić information content (AvgIpc) is 3.12. The molecule has 0 unspecified atom stereocenters. The van der Waals surface area contributed by atoms with Gasteiger partial charge in [-0.05, 0) is 49.2 Å². The van der Waals surface area contributed by atoms with Crippen LogP contribution in [-0.2, 0) is 0 Å². The van der Waals surface area contributed by atoms with E-state index in [4.69, 9.17) is 9.26 Å². The lowest BCUT2D eigenvalue weighted by Gasteiger charge is -2.28. The molecule has 144 valence electrons. The number of hydrogen-bond acceptors (Lipinski definition) is 5. The van der Waals surface area contributed by atoms with E-state index in [2.05, 4.69) is 10.1 Å². The van der Waals surface area contributed by atoms with Crippen LogP contribution in [0, 0.1) is 0 Å². The zero-order valence-electron chi connectivity index (χ0n) is 15.9. The number of likely N-dealkylation sites (tertiary alicyclic amines) is 1. The Morgan fingerprint density at radius 2 is 1.89 bits per heavy atom. The average molecular weight is 377 g/mol. The number of nitrogens with zero attached hydrogens (tertiary/aromatic N) is 3. The third-order valence-corrected chi connectivity index (χ3v) is 5.18. The largest absolute Gasteiger partial charge is 0.497 e. The summed E-state index contributed by atoms with van der Waals surface area (Å²) in [6.07, 6.45) is 7.33. The number of pyridine rings is 1. The molecule has 1 saturated heterocycles. The summed E-state index contributed by atoms with van der Waals surface area (Å²) in [6.45, 7) is 0.713. The highest BCUT2D eigenvalue weighted by atomic mass is 16.5. The van der Waals surface area contributed by atoms with Crippen molar-refractivity contribution >= 4 is 5.91 Å². The molecule has 6 heteroatoms. The van der Waals surface area contributed by atoms with E-state index in [1.54, 1.807) is 31.6 Å². The number of amides is 1. The van der Waals surface area contributed by atoms with Crippen molar-refractivity contribution in [2.45, 2.75) is 31.7 Å². The van der Waals surface area contributed by atoms with Crippen molar-refractivity contribution in [3.05, 3.63) is 66.2 Å². The predicted octanol–water partition coefficient (Wildman–Crippen LogP) is 4.50. The second-order valence-electron chi connectivity index (χ2n) is 6.94. The van der Waals surface area contributed by atoms with Gasteiger partial charge in [0.1, 0.15) is 11.4 Å². The molecule has 28 heavy (non-hydrogen) atoms. The van der Waals surface area contributed by atoms with Gasteiger partial charge < -0.3 is 14.2 Å².